The smallest absolute Gasteiger partial charge is 0.327 e. The molecule has 34 nitrogen and oxygen atoms in total. The molecule has 1 aromatic carbocycles. The van der Waals surface area contributed by atoms with Crippen LogP contribution in [0.5, 0.6) is 0 Å². The highest BCUT2D eigenvalue weighted by Crippen LogP contribution is 2.20. The Morgan fingerprint density at radius 3 is 1.46 bits per heavy atom. The van der Waals surface area contributed by atoms with Gasteiger partial charge < -0.3 is 101 Å². The number of primary amides is 1. The number of guanidine groups is 1. The predicted molar refractivity (Wildman–Crippen MR) is 330 cm³/mol. The molecule has 0 aliphatic carbocycles. The molecule has 0 fully saturated rings. The lowest BCUT2D eigenvalue weighted by molar-refractivity contribution is -0.141. The number of H-pyrrole nitrogens is 4. The molecule has 11 atom stereocenters. The number of nitrogens with one attached hydrogen (secondary N) is 13. The fraction of sp³-hybridized carbons (Fsp3) is 0.463. The summed E-state index contributed by atoms with van der Waals surface area (Å²) >= 11 is 8.00. The number of carboxylic acid groups (broad SMARTS) is 1. The summed E-state index contributed by atoms with van der Waals surface area (Å²) in [6, 6.07) is -8.16. The molecule has 4 heterocycles. The summed E-state index contributed by atoms with van der Waals surface area (Å²) in [7, 11) is 0. The molecule has 0 spiro atoms. The second-order valence-corrected chi connectivity index (χ2v) is 21.6. The number of aromatic nitrogens is 7. The molecule has 36 heteroatoms. The third-order valence-corrected chi connectivity index (χ3v) is 14.9. The van der Waals surface area contributed by atoms with Crippen LogP contribution in [0.2, 0.25) is 0 Å². The van der Waals surface area contributed by atoms with Crippen molar-refractivity contribution >= 4 is 107 Å². The number of para-hydroxylation sites is 1. The second kappa shape index (κ2) is 35.4. The zero-order valence-electron chi connectivity index (χ0n) is 49.1. The number of benzene rings is 1. The number of aromatic amines is 4. The zero-order chi connectivity index (χ0) is 66.0. The molecular formula is C54H77N21O13S2. The van der Waals surface area contributed by atoms with Crippen molar-refractivity contribution in [3.05, 3.63) is 90.7 Å². The maximum absolute atomic E-state index is 15.0. The Kier molecular flexibility index (Phi) is 28.0. The van der Waals surface area contributed by atoms with Gasteiger partial charge in [-0.3, -0.25) is 52.9 Å². The minimum atomic E-state index is -1.81. The number of aliphatic carboxylic acids is 1. The van der Waals surface area contributed by atoms with Gasteiger partial charge in [-0.15, -0.1) is 0 Å². The molecule has 0 saturated heterocycles. The summed E-state index contributed by atoms with van der Waals surface area (Å²) in [5, 5.41) is 43.0. The Hall–Kier alpha value is -9.55. The van der Waals surface area contributed by atoms with Gasteiger partial charge >= 0.3 is 5.97 Å². The predicted octanol–water partition coefficient (Wildman–Crippen LogP) is -5.79. The third-order valence-electron chi connectivity index (χ3n) is 14.1. The summed E-state index contributed by atoms with van der Waals surface area (Å²) in [6.07, 6.45) is 7.86. The lowest BCUT2D eigenvalue weighted by Gasteiger charge is -2.29. The van der Waals surface area contributed by atoms with Crippen LogP contribution in [0.1, 0.15) is 62.2 Å². The lowest BCUT2D eigenvalue weighted by Crippen LogP contribution is -2.62. The molecule has 4 aromatic heterocycles. The number of nitrogens with zero attached hydrogens (tertiary/aromatic N) is 4. The molecule has 488 valence electrons. The topological polar surface area (TPSA) is 555 Å². The van der Waals surface area contributed by atoms with E-state index in [1.165, 1.54) is 37.6 Å². The first-order valence-corrected chi connectivity index (χ1v) is 29.6. The molecule has 5 aromatic rings. The summed E-state index contributed by atoms with van der Waals surface area (Å²) < 4.78 is 0. The van der Waals surface area contributed by atoms with Crippen molar-refractivity contribution in [1.29, 1.82) is 0 Å². The lowest BCUT2D eigenvalue weighted by atomic mass is 9.97. The monoisotopic (exact) mass is 1290 g/mol. The van der Waals surface area contributed by atoms with Crippen molar-refractivity contribution in [1.82, 2.24) is 82.7 Å². The minimum Gasteiger partial charge on any atom is -0.480 e. The number of aliphatic hydroxyl groups is 1. The van der Waals surface area contributed by atoms with Crippen LogP contribution in [0.25, 0.3) is 10.9 Å². The van der Waals surface area contributed by atoms with Crippen molar-refractivity contribution < 1.29 is 63.0 Å². The Balaban J connectivity index is 1.47. The van der Waals surface area contributed by atoms with Gasteiger partial charge in [0, 0.05) is 96.5 Å². The average Bonchev–Trinajstić information content (AvgIpc) is 1.81. The summed E-state index contributed by atoms with van der Waals surface area (Å²) in [5.41, 5.74) is 24.7. The van der Waals surface area contributed by atoms with Crippen LogP contribution in [0.15, 0.2) is 73.0 Å². The Morgan fingerprint density at radius 2 is 1.01 bits per heavy atom. The molecule has 0 aliphatic rings. The fourth-order valence-electron chi connectivity index (χ4n) is 8.98. The zero-order valence-corrected chi connectivity index (χ0v) is 50.9. The van der Waals surface area contributed by atoms with Gasteiger partial charge in [0.2, 0.25) is 59.1 Å². The van der Waals surface area contributed by atoms with Crippen LogP contribution in [0.4, 0.5) is 0 Å². The molecule has 0 radical (unpaired) electrons. The normalized spacial score (nSPS) is 14.8. The minimum absolute atomic E-state index is 0.0311. The SMILES string of the molecule is CC[C@H](C)[C@H](NC(=O)[C@H](CO)NC(=O)[C@@H](N)CS)C(=O)N[C@@H](CC(N)=O)C(=O)N[C@@H](Cc1c[nH]c2ccccc12)C(=O)N[C@@H](CCCN=C(N)N)C(=O)N[C@@H](Cc1cnc[nH]1)C(=O)N[C@@H](Cc1cnc[nH]1)C(=O)N[C@@H](Cc1cnc[nH]1)C(=O)N[C@@H](CS)C(=O)O. The van der Waals surface area contributed by atoms with E-state index in [1.807, 2.05) is 0 Å². The Labute approximate surface area is 525 Å². The number of amides is 10. The van der Waals surface area contributed by atoms with Gasteiger partial charge in [0.1, 0.15) is 54.4 Å². The Morgan fingerprint density at radius 1 is 0.567 bits per heavy atom. The molecule has 0 unspecified atom stereocenters. The number of nitrogens with two attached hydrogens (primary N) is 4. The van der Waals surface area contributed by atoms with Gasteiger partial charge in [0.25, 0.3) is 0 Å². The fourth-order valence-corrected chi connectivity index (χ4v) is 9.39. The van der Waals surface area contributed by atoms with Crippen LogP contribution in [-0.4, -0.2) is 201 Å². The molecule has 90 heavy (non-hydrogen) atoms. The van der Waals surface area contributed by atoms with E-state index in [-0.39, 0.29) is 69.0 Å². The first-order chi connectivity index (χ1) is 42.9. The average molecular weight is 1290 g/mol. The van der Waals surface area contributed by atoms with E-state index in [9.17, 15) is 63.0 Å². The van der Waals surface area contributed by atoms with Gasteiger partial charge in [0.05, 0.1) is 38.1 Å². The number of rotatable bonds is 38. The van der Waals surface area contributed by atoms with E-state index in [0.717, 1.165) is 0 Å². The molecule has 10 amide bonds. The molecule has 0 saturated carbocycles. The standard InChI is InChI=1S/C54H77N21O13S2/c1-3-26(2)43(75-51(85)40(20-76)73-44(78)32(55)21-89)52(86)72-39(15-42(56)77)50(84)68-35(11-27-16-63-33-8-5-4-7-31(27)33)46(80)67-34(9-6-10-62-54(57)58)45(79)69-36(12-28-17-59-23-64-28)47(81)70-37(13-29-18-60-24-65-29)48(82)71-38(14-30-19-61-25-66-30)49(83)74-41(22-90)53(87)88/h4-5,7-8,16-19,23-26,32,34-41,43,63,76,89-90H,3,6,9-15,20-22,55H2,1-2H3,(H2,56,77)(H,59,64)(H,60,65)(H,61,66)(H,67,80)(H,68,84)(H,69,79)(H,70,81)(H,71,82)(H,72,86)(H,73,78)(H,74,83)(H,75,85)(H,87,88)(H4,57,58,62)/t26-,32-,34-,35-,36-,37-,38-,39-,40-,41-,43-/m0/s1. The number of carbonyl (C=O) groups excluding carboxylic acids is 10. The number of carbonyl (C=O) groups is 11. The van der Waals surface area contributed by atoms with Gasteiger partial charge in [-0.25, -0.2) is 19.7 Å². The van der Waals surface area contributed by atoms with Crippen LogP contribution in [0, 0.1) is 5.92 Å². The number of aliphatic imine (C=N–C) groups is 1. The maximum atomic E-state index is 15.0. The highest BCUT2D eigenvalue weighted by Gasteiger charge is 2.38. The number of imidazole rings is 3. The van der Waals surface area contributed by atoms with Crippen molar-refractivity contribution in [2.24, 2.45) is 33.8 Å². The second-order valence-electron chi connectivity index (χ2n) is 20.9. The van der Waals surface area contributed by atoms with Gasteiger partial charge in [-0.1, -0.05) is 38.5 Å². The van der Waals surface area contributed by atoms with E-state index in [0.29, 0.717) is 33.5 Å². The van der Waals surface area contributed by atoms with Crippen molar-refractivity contribution in [3.8, 4) is 0 Å². The highest BCUT2D eigenvalue weighted by molar-refractivity contribution is 7.80. The summed E-state index contributed by atoms with van der Waals surface area (Å²) in [6.45, 7) is 2.32. The maximum Gasteiger partial charge on any atom is 0.327 e. The van der Waals surface area contributed by atoms with Gasteiger partial charge in [0.15, 0.2) is 5.96 Å². The van der Waals surface area contributed by atoms with Gasteiger partial charge in [-0.05, 0) is 30.4 Å². The van der Waals surface area contributed by atoms with Gasteiger partial charge in [-0.2, -0.15) is 25.3 Å². The number of thiol groups is 2. The van der Waals surface area contributed by atoms with Crippen LogP contribution >= 0.6 is 25.3 Å². The van der Waals surface area contributed by atoms with Crippen LogP contribution in [0.3, 0.4) is 0 Å². The Bertz CT molecular complexity index is 3250. The summed E-state index contributed by atoms with van der Waals surface area (Å²) in [4.78, 5) is 179. The molecular weight excluding hydrogens is 1210 g/mol. The largest absolute Gasteiger partial charge is 0.480 e. The van der Waals surface area contributed by atoms with E-state index < -0.39 is 144 Å². The molecule has 5 rings (SSSR count). The van der Waals surface area contributed by atoms with Crippen molar-refractivity contribution in [2.45, 2.75) is 126 Å². The van der Waals surface area contributed by atoms with E-state index in [2.05, 4.69) is 113 Å². The number of fused-ring (bicyclic) bond motifs is 1. The number of hydrogen-bond acceptors (Lipinski definition) is 19. The van der Waals surface area contributed by atoms with Crippen molar-refractivity contribution in [3.63, 3.8) is 0 Å². The quantitative estimate of drug-likeness (QED) is 0.00758. The van der Waals surface area contributed by atoms with Crippen molar-refractivity contribution in [2.75, 3.05) is 24.7 Å². The third kappa shape index (κ3) is 21.9. The molecule has 0 aliphatic heterocycles. The number of aliphatic hydroxyl groups excluding tert-OH is 1. The number of hydrogen-bond donors (Lipinski definition) is 21. The summed E-state index contributed by atoms with van der Waals surface area (Å²) in [5.74, 6) is -12.5. The van der Waals surface area contributed by atoms with Crippen LogP contribution < -0.4 is 70.8 Å². The molecule has 0 bridgehead atoms. The first-order valence-electron chi connectivity index (χ1n) is 28.3. The van der Waals surface area contributed by atoms with Crippen LogP contribution in [-0.2, 0) is 78.4 Å². The van der Waals surface area contributed by atoms with E-state index in [1.54, 1.807) is 44.3 Å². The molecule has 23 N–H and O–H groups in total. The first kappa shape index (κ1) is 71.2. The van der Waals surface area contributed by atoms with E-state index in [4.69, 9.17) is 22.9 Å². The number of carboxylic acids is 1. The highest BCUT2D eigenvalue weighted by atomic mass is 32.1. The van der Waals surface area contributed by atoms with E-state index >= 15 is 0 Å².